The average Bonchev–Trinajstić information content (AvgIpc) is 3.04. The summed E-state index contributed by atoms with van der Waals surface area (Å²) in [6.07, 6.45) is 0. The number of carbonyl (C=O) groups excluding carboxylic acids is 1. The van der Waals surface area contributed by atoms with E-state index in [0.29, 0.717) is 22.2 Å². The van der Waals surface area contributed by atoms with Gasteiger partial charge >= 0.3 is 0 Å². The smallest absolute Gasteiger partial charge is 0.266 e. The highest BCUT2D eigenvalue weighted by Gasteiger charge is 2.30. The van der Waals surface area contributed by atoms with Crippen LogP contribution in [0.3, 0.4) is 0 Å². The summed E-state index contributed by atoms with van der Waals surface area (Å²) in [5.74, 6) is 6.12. The molecule has 0 N–H and O–H groups in total. The molecule has 1 aliphatic rings. The van der Waals surface area contributed by atoms with Crippen molar-refractivity contribution in [2.75, 3.05) is 19.0 Å². The summed E-state index contributed by atoms with van der Waals surface area (Å²) < 4.78 is 1.41. The Kier molecular flexibility index (Phi) is 4.00. The molecule has 3 aromatic carbocycles. The first-order valence-corrected chi connectivity index (χ1v) is 9.53. The Balaban J connectivity index is 1.69. The van der Waals surface area contributed by atoms with Crippen molar-refractivity contribution >= 4 is 22.4 Å². The number of carbonyl (C=O) groups is 1. The van der Waals surface area contributed by atoms with Crippen molar-refractivity contribution < 1.29 is 4.79 Å². The van der Waals surface area contributed by atoms with Gasteiger partial charge in [-0.1, -0.05) is 30.0 Å². The van der Waals surface area contributed by atoms with Crippen molar-refractivity contribution in [3.63, 3.8) is 0 Å². The molecular weight excluding hydrogens is 374 g/mol. The molecule has 2 heterocycles. The first kappa shape index (κ1) is 17.9. The summed E-state index contributed by atoms with van der Waals surface area (Å²) in [4.78, 5) is 32.6. The Morgan fingerprint density at radius 3 is 2.40 bits per heavy atom. The predicted octanol–water partition coefficient (Wildman–Crippen LogP) is 3.40. The monoisotopic (exact) mass is 391 g/mol. The van der Waals surface area contributed by atoms with E-state index < -0.39 is 0 Å². The summed E-state index contributed by atoms with van der Waals surface area (Å²) in [6, 6.07) is 20.4. The van der Waals surface area contributed by atoms with Gasteiger partial charge in [0.15, 0.2) is 5.82 Å². The maximum atomic E-state index is 13.3. The number of hydrogen-bond acceptors (Lipinski definition) is 4. The van der Waals surface area contributed by atoms with Gasteiger partial charge in [-0.3, -0.25) is 14.2 Å². The number of ketones is 1. The number of benzene rings is 3. The van der Waals surface area contributed by atoms with Crippen molar-refractivity contribution in [3.8, 4) is 17.5 Å². The zero-order valence-electron chi connectivity index (χ0n) is 16.5. The van der Waals surface area contributed by atoms with Crippen LogP contribution in [0.15, 0.2) is 71.5 Å². The number of aromatic nitrogens is 2. The molecule has 0 atom stereocenters. The van der Waals surface area contributed by atoms with Gasteiger partial charge in [0.25, 0.3) is 5.56 Å². The normalized spacial score (nSPS) is 11.6. The minimum atomic E-state index is -0.251. The molecule has 1 aliphatic heterocycles. The lowest BCUT2D eigenvalue weighted by molar-refractivity contribution is 0.103. The molecular formula is C25H17N3O2. The molecule has 5 rings (SSSR count). The zero-order valence-corrected chi connectivity index (χ0v) is 16.5. The quantitative estimate of drug-likeness (QED) is 0.411. The van der Waals surface area contributed by atoms with Crippen LogP contribution in [-0.2, 0) is 0 Å². The van der Waals surface area contributed by atoms with Crippen LogP contribution in [0.5, 0.6) is 0 Å². The molecule has 0 saturated heterocycles. The standard InChI is InChI=1S/C25H17N3O2/c1-27(2)18-11-13-21-20(15-18)25(30)28-22-14-17(9-8-16-6-4-3-5-7-16)10-12-19(22)23(29)24(28)26-21/h3-7,10-15H,1-2H3. The third kappa shape index (κ3) is 2.78. The molecule has 5 nitrogen and oxygen atoms in total. The van der Waals surface area contributed by atoms with Crippen molar-refractivity contribution in [3.05, 3.63) is 99.6 Å². The number of fused-ring (bicyclic) bond motifs is 4. The van der Waals surface area contributed by atoms with Crippen LogP contribution in [0.25, 0.3) is 16.6 Å². The molecule has 144 valence electrons. The van der Waals surface area contributed by atoms with Gasteiger partial charge in [0, 0.05) is 30.9 Å². The van der Waals surface area contributed by atoms with Crippen LogP contribution in [0.2, 0.25) is 0 Å². The topological polar surface area (TPSA) is 55.2 Å². The molecule has 0 unspecified atom stereocenters. The fourth-order valence-electron chi connectivity index (χ4n) is 3.60. The summed E-state index contributed by atoms with van der Waals surface area (Å²) in [5.41, 5.74) is 3.79. The Hall–Kier alpha value is -4.17. The van der Waals surface area contributed by atoms with Crippen LogP contribution in [0, 0.1) is 11.8 Å². The molecule has 0 radical (unpaired) electrons. The molecule has 0 bridgehead atoms. The van der Waals surface area contributed by atoms with Crippen molar-refractivity contribution in [1.82, 2.24) is 9.55 Å². The van der Waals surface area contributed by atoms with E-state index in [1.165, 1.54) is 4.57 Å². The summed E-state index contributed by atoms with van der Waals surface area (Å²) in [5, 5.41) is 0.478. The van der Waals surface area contributed by atoms with E-state index in [-0.39, 0.29) is 17.2 Å². The van der Waals surface area contributed by atoms with E-state index >= 15 is 0 Å². The molecule has 4 aromatic rings. The Bertz CT molecular complexity index is 1460. The molecule has 1 aromatic heterocycles. The van der Waals surface area contributed by atoms with Gasteiger partial charge in [-0.05, 0) is 48.5 Å². The second-order valence-electron chi connectivity index (χ2n) is 7.35. The lowest BCUT2D eigenvalue weighted by Crippen LogP contribution is -2.22. The van der Waals surface area contributed by atoms with Crippen molar-refractivity contribution in [2.24, 2.45) is 0 Å². The van der Waals surface area contributed by atoms with Crippen LogP contribution in [0.1, 0.15) is 27.3 Å². The van der Waals surface area contributed by atoms with Crippen molar-refractivity contribution in [1.29, 1.82) is 0 Å². The SMILES string of the molecule is CN(C)c1ccc2nc3n(c(=O)c2c1)-c1cc(C#Cc2ccccc2)ccc1C3=O. The molecule has 0 fully saturated rings. The third-order valence-electron chi connectivity index (χ3n) is 5.18. The minimum absolute atomic E-state index is 0.147. The lowest BCUT2D eigenvalue weighted by atomic mass is 10.1. The Morgan fingerprint density at radius 2 is 1.63 bits per heavy atom. The molecule has 0 amide bonds. The minimum Gasteiger partial charge on any atom is -0.378 e. The fourth-order valence-corrected chi connectivity index (χ4v) is 3.60. The summed E-state index contributed by atoms with van der Waals surface area (Å²) in [7, 11) is 3.83. The third-order valence-corrected chi connectivity index (χ3v) is 5.18. The van der Waals surface area contributed by atoms with Gasteiger partial charge in [-0.15, -0.1) is 0 Å². The van der Waals surface area contributed by atoms with Gasteiger partial charge in [-0.25, -0.2) is 4.98 Å². The molecule has 0 aliphatic carbocycles. The maximum Gasteiger partial charge on any atom is 0.266 e. The van der Waals surface area contributed by atoms with E-state index in [2.05, 4.69) is 16.8 Å². The second kappa shape index (κ2) is 6.71. The Morgan fingerprint density at radius 1 is 0.867 bits per heavy atom. The number of nitrogens with zero attached hydrogens (tertiary/aromatic N) is 3. The van der Waals surface area contributed by atoms with Gasteiger partial charge in [0.1, 0.15) is 0 Å². The van der Waals surface area contributed by atoms with E-state index in [1.807, 2.05) is 55.4 Å². The predicted molar refractivity (Wildman–Crippen MR) is 118 cm³/mol. The highest BCUT2D eigenvalue weighted by Crippen LogP contribution is 2.28. The van der Waals surface area contributed by atoms with Gasteiger partial charge in [0.05, 0.1) is 22.2 Å². The first-order valence-electron chi connectivity index (χ1n) is 9.53. The first-order chi connectivity index (χ1) is 14.5. The van der Waals surface area contributed by atoms with Crippen molar-refractivity contribution in [2.45, 2.75) is 0 Å². The Labute approximate surface area is 173 Å². The average molecular weight is 391 g/mol. The van der Waals surface area contributed by atoms with Gasteiger partial charge < -0.3 is 4.90 Å². The van der Waals surface area contributed by atoms with Crippen LogP contribution >= 0.6 is 0 Å². The molecule has 0 saturated carbocycles. The second-order valence-corrected chi connectivity index (χ2v) is 7.35. The summed E-state index contributed by atoms with van der Waals surface area (Å²) in [6.45, 7) is 0. The van der Waals surface area contributed by atoms with Crippen LogP contribution in [0.4, 0.5) is 5.69 Å². The van der Waals surface area contributed by atoms with Crippen LogP contribution in [-0.4, -0.2) is 29.4 Å². The van der Waals surface area contributed by atoms with E-state index in [4.69, 9.17) is 0 Å². The highest BCUT2D eigenvalue weighted by atomic mass is 16.1. The summed E-state index contributed by atoms with van der Waals surface area (Å²) >= 11 is 0. The number of rotatable bonds is 1. The van der Waals surface area contributed by atoms with Gasteiger partial charge in [0.2, 0.25) is 5.78 Å². The highest BCUT2D eigenvalue weighted by molar-refractivity contribution is 6.13. The van der Waals surface area contributed by atoms with Gasteiger partial charge in [-0.2, -0.15) is 0 Å². The lowest BCUT2D eigenvalue weighted by Gasteiger charge is -2.13. The molecule has 0 spiro atoms. The largest absolute Gasteiger partial charge is 0.378 e. The molecule has 5 heteroatoms. The fraction of sp³-hybridized carbons (Fsp3) is 0.0800. The number of hydrogen-bond donors (Lipinski definition) is 0. The van der Waals surface area contributed by atoms with E-state index in [0.717, 1.165) is 16.8 Å². The maximum absolute atomic E-state index is 13.3. The van der Waals surface area contributed by atoms with E-state index in [1.54, 1.807) is 30.3 Å². The number of anilines is 1. The van der Waals surface area contributed by atoms with E-state index in [9.17, 15) is 9.59 Å². The zero-order chi connectivity index (χ0) is 20.8. The molecule has 30 heavy (non-hydrogen) atoms. The van der Waals surface area contributed by atoms with Crippen LogP contribution < -0.4 is 10.5 Å².